The number of nitrogens with zero attached hydrogens (tertiary/aromatic N) is 2. The van der Waals surface area contributed by atoms with Crippen molar-refractivity contribution in [2.24, 2.45) is 5.92 Å². The van der Waals surface area contributed by atoms with E-state index in [4.69, 9.17) is 9.78 Å². The molecule has 0 radical (unpaired) electrons. The third kappa shape index (κ3) is 4.66. The molecule has 3 rings (SSSR count). The maximum absolute atomic E-state index is 12.6. The number of nitrogens with one attached hydrogen (secondary N) is 1. The molecule has 0 saturated heterocycles. The Balaban J connectivity index is 1.93. The van der Waals surface area contributed by atoms with Gasteiger partial charge in [0.25, 0.3) is 0 Å². The summed E-state index contributed by atoms with van der Waals surface area (Å²) in [5, 5.41) is 15.2. The van der Waals surface area contributed by atoms with Crippen molar-refractivity contribution < 1.29 is 9.32 Å². The molecule has 0 aliphatic carbocycles. The zero-order chi connectivity index (χ0) is 19.9. The Hall–Kier alpha value is -3.39. The molecule has 5 heteroatoms. The summed E-state index contributed by atoms with van der Waals surface area (Å²) in [5.41, 5.74) is 3.97. The van der Waals surface area contributed by atoms with E-state index in [1.165, 1.54) is 0 Å². The Labute approximate surface area is 165 Å². The van der Waals surface area contributed by atoms with Crippen molar-refractivity contribution in [3.05, 3.63) is 66.4 Å². The van der Waals surface area contributed by atoms with Gasteiger partial charge in [-0.1, -0.05) is 61.5 Å². The minimum absolute atomic E-state index is 0.0202. The molecule has 0 aliphatic rings. The quantitative estimate of drug-likeness (QED) is 0.605. The van der Waals surface area contributed by atoms with Crippen LogP contribution in [0.3, 0.4) is 0 Å². The van der Waals surface area contributed by atoms with Crippen LogP contribution in [-0.4, -0.2) is 17.6 Å². The average molecular weight is 373 g/mol. The number of rotatable bonds is 7. The van der Waals surface area contributed by atoms with E-state index in [-0.39, 0.29) is 18.4 Å². The number of hydrogen-bond acceptors (Lipinski definition) is 4. The van der Waals surface area contributed by atoms with Gasteiger partial charge < -0.3 is 9.84 Å². The van der Waals surface area contributed by atoms with E-state index in [9.17, 15) is 4.79 Å². The van der Waals surface area contributed by atoms with Crippen LogP contribution in [0.1, 0.15) is 31.7 Å². The van der Waals surface area contributed by atoms with Crippen molar-refractivity contribution in [3.8, 4) is 28.5 Å². The number of benzene rings is 2. The number of carbonyl (C=O) groups is 1. The van der Waals surface area contributed by atoms with Gasteiger partial charge in [-0.25, -0.2) is 0 Å². The first-order chi connectivity index (χ1) is 13.6. The Morgan fingerprint density at radius 1 is 1.11 bits per heavy atom. The van der Waals surface area contributed by atoms with Crippen LogP contribution < -0.4 is 5.32 Å². The molecule has 0 bridgehead atoms. The minimum Gasteiger partial charge on any atom is -0.356 e. The maximum Gasteiger partial charge on any atom is 0.228 e. The predicted octanol–water partition coefficient (Wildman–Crippen LogP) is 4.78. The molecule has 0 fully saturated rings. The number of nitriles is 1. The highest BCUT2D eigenvalue weighted by molar-refractivity contribution is 5.84. The van der Waals surface area contributed by atoms with Gasteiger partial charge in [0.15, 0.2) is 5.76 Å². The second-order valence-corrected chi connectivity index (χ2v) is 7.14. The molecule has 142 valence electrons. The summed E-state index contributed by atoms with van der Waals surface area (Å²) in [5.74, 6) is 0.677. The Morgan fingerprint density at radius 3 is 2.50 bits per heavy atom. The van der Waals surface area contributed by atoms with E-state index in [1.54, 1.807) is 6.20 Å². The summed E-state index contributed by atoms with van der Waals surface area (Å²) in [4.78, 5) is 12.6. The van der Waals surface area contributed by atoms with Crippen LogP contribution in [0.5, 0.6) is 0 Å². The van der Waals surface area contributed by atoms with Gasteiger partial charge in [0.1, 0.15) is 6.54 Å². The van der Waals surface area contributed by atoms with Crippen LogP contribution in [0.2, 0.25) is 0 Å². The lowest BCUT2D eigenvalue weighted by molar-refractivity contribution is -0.122. The standard InChI is InChI=1S/C23H23N3O2/c1-16(2)13-21(23(27)25-12-10-24)19-7-3-5-17(14-19)18-6-4-8-20(15-18)22-9-11-26-28-22/h3-9,11,14-16,21H,12-13H2,1-2H3,(H,25,27). The molecular weight excluding hydrogens is 350 g/mol. The molecule has 1 heterocycles. The molecule has 0 saturated carbocycles. The molecule has 1 atom stereocenters. The summed E-state index contributed by atoms with van der Waals surface area (Å²) < 4.78 is 5.26. The van der Waals surface area contributed by atoms with Gasteiger partial charge in [-0.05, 0) is 35.1 Å². The fourth-order valence-corrected chi connectivity index (χ4v) is 3.27. The van der Waals surface area contributed by atoms with Crippen molar-refractivity contribution in [1.82, 2.24) is 10.5 Å². The van der Waals surface area contributed by atoms with Crippen molar-refractivity contribution in [3.63, 3.8) is 0 Å². The van der Waals surface area contributed by atoms with E-state index >= 15 is 0 Å². The normalized spacial score (nSPS) is 11.8. The maximum atomic E-state index is 12.6. The molecule has 1 N–H and O–H groups in total. The number of hydrogen-bond donors (Lipinski definition) is 1. The smallest absolute Gasteiger partial charge is 0.228 e. The van der Waals surface area contributed by atoms with Crippen LogP contribution in [0, 0.1) is 17.2 Å². The van der Waals surface area contributed by atoms with Crippen molar-refractivity contribution in [2.45, 2.75) is 26.2 Å². The van der Waals surface area contributed by atoms with E-state index < -0.39 is 0 Å². The van der Waals surface area contributed by atoms with Crippen molar-refractivity contribution in [1.29, 1.82) is 5.26 Å². The predicted molar refractivity (Wildman–Crippen MR) is 108 cm³/mol. The summed E-state index contributed by atoms with van der Waals surface area (Å²) >= 11 is 0. The molecule has 1 aromatic heterocycles. The second-order valence-electron chi connectivity index (χ2n) is 7.14. The first kappa shape index (κ1) is 19.4. The summed E-state index contributed by atoms with van der Waals surface area (Å²) in [6.07, 6.45) is 2.35. The molecule has 28 heavy (non-hydrogen) atoms. The summed E-state index contributed by atoms with van der Waals surface area (Å²) in [7, 11) is 0. The molecular formula is C23H23N3O2. The van der Waals surface area contributed by atoms with Gasteiger partial charge in [-0.2, -0.15) is 5.26 Å². The van der Waals surface area contributed by atoms with Gasteiger partial charge in [0, 0.05) is 11.6 Å². The van der Waals surface area contributed by atoms with Crippen molar-refractivity contribution in [2.75, 3.05) is 6.54 Å². The highest BCUT2D eigenvalue weighted by atomic mass is 16.5. The first-order valence-corrected chi connectivity index (χ1v) is 9.34. The Morgan fingerprint density at radius 2 is 1.82 bits per heavy atom. The molecule has 0 spiro atoms. The van der Waals surface area contributed by atoms with Crippen LogP contribution in [0.4, 0.5) is 0 Å². The molecule has 1 amide bonds. The van der Waals surface area contributed by atoms with E-state index in [0.717, 1.165) is 28.7 Å². The number of carbonyl (C=O) groups excluding carboxylic acids is 1. The SMILES string of the molecule is CC(C)CC(C(=O)NCC#N)c1cccc(-c2cccc(-c3ccno3)c2)c1. The van der Waals surface area contributed by atoms with Crippen molar-refractivity contribution >= 4 is 5.91 Å². The zero-order valence-electron chi connectivity index (χ0n) is 16.1. The Bertz CT molecular complexity index is 972. The summed E-state index contributed by atoms with van der Waals surface area (Å²) in [6.45, 7) is 4.21. The second kappa shape index (κ2) is 9.01. The molecule has 3 aromatic rings. The van der Waals surface area contributed by atoms with E-state index in [0.29, 0.717) is 11.7 Å². The molecule has 0 aliphatic heterocycles. The van der Waals surface area contributed by atoms with E-state index in [1.807, 2.05) is 54.6 Å². The van der Waals surface area contributed by atoms with Gasteiger partial charge in [0.2, 0.25) is 5.91 Å². The molecule has 2 aromatic carbocycles. The Kier molecular flexibility index (Phi) is 6.23. The largest absolute Gasteiger partial charge is 0.356 e. The van der Waals surface area contributed by atoms with Crippen LogP contribution in [0.15, 0.2) is 65.3 Å². The first-order valence-electron chi connectivity index (χ1n) is 9.34. The molecule has 5 nitrogen and oxygen atoms in total. The lowest BCUT2D eigenvalue weighted by atomic mass is 9.87. The number of aromatic nitrogens is 1. The van der Waals surface area contributed by atoms with Gasteiger partial charge >= 0.3 is 0 Å². The van der Waals surface area contributed by atoms with Gasteiger partial charge in [0.05, 0.1) is 18.2 Å². The van der Waals surface area contributed by atoms with Crippen LogP contribution >= 0.6 is 0 Å². The fourth-order valence-electron chi connectivity index (χ4n) is 3.27. The van der Waals surface area contributed by atoms with Crippen LogP contribution in [-0.2, 0) is 4.79 Å². The topological polar surface area (TPSA) is 78.9 Å². The van der Waals surface area contributed by atoms with E-state index in [2.05, 4.69) is 30.4 Å². The minimum atomic E-state index is -0.286. The highest BCUT2D eigenvalue weighted by Gasteiger charge is 2.22. The molecule has 1 unspecified atom stereocenters. The lowest BCUT2D eigenvalue weighted by Crippen LogP contribution is -2.30. The monoisotopic (exact) mass is 373 g/mol. The van der Waals surface area contributed by atoms with Gasteiger partial charge in [-0.15, -0.1) is 0 Å². The average Bonchev–Trinajstić information content (AvgIpc) is 3.25. The van der Waals surface area contributed by atoms with Gasteiger partial charge in [-0.3, -0.25) is 4.79 Å². The lowest BCUT2D eigenvalue weighted by Gasteiger charge is -2.19. The van der Waals surface area contributed by atoms with Crippen LogP contribution in [0.25, 0.3) is 22.5 Å². The summed E-state index contributed by atoms with van der Waals surface area (Å²) in [6, 6.07) is 19.9. The zero-order valence-corrected chi connectivity index (χ0v) is 16.1. The third-order valence-electron chi connectivity index (χ3n) is 4.57. The third-order valence-corrected chi connectivity index (χ3v) is 4.57. The highest BCUT2D eigenvalue weighted by Crippen LogP contribution is 2.30. The fraction of sp³-hybridized carbons (Fsp3) is 0.261. The number of amides is 1.